The Morgan fingerprint density at radius 2 is 1.93 bits per heavy atom. The Bertz CT molecular complexity index is 1040. The van der Waals surface area contributed by atoms with Crippen LogP contribution in [0.4, 0.5) is 0 Å². The van der Waals surface area contributed by atoms with E-state index in [4.69, 9.17) is 21.7 Å². The van der Waals surface area contributed by atoms with Crippen molar-refractivity contribution in [2.24, 2.45) is 0 Å². The Hall–Kier alpha value is -2.97. The second-order valence-corrected chi connectivity index (χ2v) is 7.56. The lowest BCUT2D eigenvalue weighted by molar-refractivity contribution is -0.128. The summed E-state index contributed by atoms with van der Waals surface area (Å²) in [5, 5.41) is 2.58. The molecule has 1 heterocycles. The van der Waals surface area contributed by atoms with E-state index in [2.05, 4.69) is 27.8 Å². The van der Waals surface area contributed by atoms with Crippen molar-refractivity contribution in [2.75, 3.05) is 13.7 Å². The first-order valence-corrected chi connectivity index (χ1v) is 10.2. The fourth-order valence-corrected chi connectivity index (χ4v) is 3.50. The highest BCUT2D eigenvalue weighted by atomic mass is 79.9. The second kappa shape index (κ2) is 9.69. The molecule has 0 unspecified atom stereocenters. The van der Waals surface area contributed by atoms with E-state index in [1.807, 2.05) is 30.3 Å². The number of carbonyl (C=O) groups excluding carboxylic acids is 2. The van der Waals surface area contributed by atoms with Crippen molar-refractivity contribution in [2.45, 2.75) is 6.61 Å². The van der Waals surface area contributed by atoms with Crippen molar-refractivity contribution in [3.05, 3.63) is 76.3 Å². The quantitative estimate of drug-likeness (QED) is 0.278. The van der Waals surface area contributed by atoms with Gasteiger partial charge in [0.05, 0.1) is 7.11 Å². The van der Waals surface area contributed by atoms with Gasteiger partial charge in [0.15, 0.2) is 16.6 Å². The molecule has 0 aliphatic carbocycles. The van der Waals surface area contributed by atoms with Gasteiger partial charge in [-0.3, -0.25) is 19.8 Å². The summed E-state index contributed by atoms with van der Waals surface area (Å²) in [5.74, 6) is -0.0353. The number of amides is 2. The lowest BCUT2D eigenvalue weighted by Crippen LogP contribution is -2.53. The zero-order chi connectivity index (χ0) is 21.7. The highest BCUT2D eigenvalue weighted by molar-refractivity contribution is 9.10. The van der Waals surface area contributed by atoms with Crippen LogP contribution in [-0.2, 0) is 16.2 Å². The predicted molar refractivity (Wildman–Crippen MR) is 122 cm³/mol. The minimum Gasteiger partial charge on any atom is -0.493 e. The Morgan fingerprint density at radius 1 is 1.20 bits per heavy atom. The number of methoxy groups -OCH3 is 1. The molecule has 30 heavy (non-hydrogen) atoms. The number of hydrogen-bond donors (Lipinski definition) is 1. The Balaban J connectivity index is 1.90. The average Bonchev–Trinajstić information content (AvgIpc) is 2.74. The Morgan fingerprint density at radius 3 is 2.60 bits per heavy atom. The van der Waals surface area contributed by atoms with E-state index < -0.39 is 11.8 Å². The van der Waals surface area contributed by atoms with E-state index in [9.17, 15) is 9.59 Å². The number of hydrogen-bond acceptors (Lipinski definition) is 5. The first kappa shape index (κ1) is 21.7. The number of thiocarbonyl (C=S) groups is 1. The van der Waals surface area contributed by atoms with Crippen molar-refractivity contribution in [3.63, 3.8) is 0 Å². The summed E-state index contributed by atoms with van der Waals surface area (Å²) >= 11 is 8.55. The van der Waals surface area contributed by atoms with Gasteiger partial charge in [0, 0.05) is 11.0 Å². The van der Waals surface area contributed by atoms with Crippen LogP contribution in [0.25, 0.3) is 6.08 Å². The van der Waals surface area contributed by atoms with E-state index in [0.29, 0.717) is 28.1 Å². The molecule has 2 amide bonds. The molecule has 0 saturated carbocycles. The molecule has 6 nitrogen and oxygen atoms in total. The third kappa shape index (κ3) is 4.77. The first-order chi connectivity index (χ1) is 14.4. The van der Waals surface area contributed by atoms with Gasteiger partial charge in [-0.25, -0.2) is 0 Å². The van der Waals surface area contributed by atoms with Crippen molar-refractivity contribution in [1.29, 1.82) is 0 Å². The van der Waals surface area contributed by atoms with Crippen LogP contribution in [0.5, 0.6) is 11.5 Å². The molecule has 0 atom stereocenters. The second-order valence-electron chi connectivity index (χ2n) is 6.32. The predicted octanol–water partition coefficient (Wildman–Crippen LogP) is 3.85. The number of rotatable bonds is 7. The van der Waals surface area contributed by atoms with Crippen LogP contribution in [0.15, 0.2) is 65.2 Å². The Kier molecular flexibility index (Phi) is 7.02. The maximum absolute atomic E-state index is 12.7. The molecule has 3 rings (SSSR count). The summed E-state index contributed by atoms with van der Waals surface area (Å²) in [6, 6.07) is 13.2. The van der Waals surface area contributed by atoms with Crippen LogP contribution in [0.1, 0.15) is 11.1 Å². The largest absolute Gasteiger partial charge is 0.493 e. The van der Waals surface area contributed by atoms with Crippen molar-refractivity contribution in [3.8, 4) is 11.5 Å². The summed E-state index contributed by atoms with van der Waals surface area (Å²) in [6.07, 6.45) is 3.03. The third-order valence-electron chi connectivity index (χ3n) is 4.32. The van der Waals surface area contributed by atoms with Crippen LogP contribution in [0.3, 0.4) is 0 Å². The van der Waals surface area contributed by atoms with Gasteiger partial charge in [0.25, 0.3) is 11.8 Å². The SMILES string of the molecule is C=CCN1C(=O)C(=Cc2cc(OC)c(OCc3ccccc3)cc2Br)C(=O)NC1=S. The first-order valence-electron chi connectivity index (χ1n) is 8.98. The summed E-state index contributed by atoms with van der Waals surface area (Å²) in [5.41, 5.74) is 1.57. The average molecular weight is 487 g/mol. The van der Waals surface area contributed by atoms with Crippen LogP contribution < -0.4 is 14.8 Å². The standard InChI is InChI=1S/C22H19BrN2O4S/c1-3-9-25-21(27)16(20(26)24-22(25)30)10-15-11-18(28-2)19(12-17(15)23)29-13-14-7-5-4-6-8-14/h3-8,10-12H,1,9,13H2,2H3,(H,24,26,30). The van der Waals surface area contributed by atoms with E-state index >= 15 is 0 Å². The Labute approximate surface area is 188 Å². The van der Waals surface area contributed by atoms with E-state index in [1.165, 1.54) is 24.2 Å². The molecule has 0 spiro atoms. The minimum atomic E-state index is -0.555. The number of ether oxygens (including phenoxy) is 2. The molecule has 1 aliphatic rings. The molecule has 1 N–H and O–H groups in total. The van der Waals surface area contributed by atoms with Gasteiger partial charge in [0.2, 0.25) is 0 Å². The number of benzene rings is 2. The van der Waals surface area contributed by atoms with Crippen molar-refractivity contribution in [1.82, 2.24) is 10.2 Å². The molecule has 1 fully saturated rings. The molecule has 154 valence electrons. The number of halogens is 1. The molecular formula is C22H19BrN2O4S. The van der Waals surface area contributed by atoms with Gasteiger partial charge in [0.1, 0.15) is 12.2 Å². The molecule has 0 bridgehead atoms. The maximum atomic E-state index is 12.7. The zero-order valence-corrected chi connectivity index (χ0v) is 18.6. The fraction of sp³-hybridized carbons (Fsp3) is 0.136. The number of carbonyl (C=O) groups is 2. The van der Waals surface area contributed by atoms with Gasteiger partial charge >= 0.3 is 0 Å². The van der Waals surface area contributed by atoms with Gasteiger partial charge in [-0.05, 0) is 41.6 Å². The summed E-state index contributed by atoms with van der Waals surface area (Å²) in [4.78, 5) is 26.3. The molecule has 2 aromatic rings. The van der Waals surface area contributed by atoms with Crippen LogP contribution >= 0.6 is 28.1 Å². The summed E-state index contributed by atoms with van der Waals surface area (Å²) < 4.78 is 12.0. The van der Waals surface area contributed by atoms with Crippen LogP contribution in [-0.4, -0.2) is 35.5 Å². The molecule has 0 aromatic heterocycles. The van der Waals surface area contributed by atoms with Gasteiger partial charge < -0.3 is 9.47 Å². The van der Waals surface area contributed by atoms with Crippen LogP contribution in [0.2, 0.25) is 0 Å². The van der Waals surface area contributed by atoms with E-state index in [1.54, 1.807) is 12.1 Å². The number of nitrogens with zero attached hydrogens (tertiary/aromatic N) is 1. The fourth-order valence-electron chi connectivity index (χ4n) is 2.81. The topological polar surface area (TPSA) is 67.9 Å². The van der Waals surface area contributed by atoms with Gasteiger partial charge in [-0.1, -0.05) is 52.3 Å². The zero-order valence-electron chi connectivity index (χ0n) is 16.2. The molecule has 1 aliphatic heterocycles. The molecular weight excluding hydrogens is 468 g/mol. The van der Waals surface area contributed by atoms with Gasteiger partial charge in [-0.2, -0.15) is 0 Å². The monoisotopic (exact) mass is 486 g/mol. The van der Waals surface area contributed by atoms with Crippen LogP contribution in [0, 0.1) is 0 Å². The number of nitrogens with one attached hydrogen (secondary N) is 1. The van der Waals surface area contributed by atoms with Gasteiger partial charge in [-0.15, -0.1) is 6.58 Å². The molecule has 1 saturated heterocycles. The summed E-state index contributed by atoms with van der Waals surface area (Å²) in [6.45, 7) is 4.19. The highest BCUT2D eigenvalue weighted by Gasteiger charge is 2.32. The van der Waals surface area contributed by atoms with E-state index in [0.717, 1.165) is 5.56 Å². The highest BCUT2D eigenvalue weighted by Crippen LogP contribution is 2.35. The van der Waals surface area contributed by atoms with Crippen molar-refractivity contribution < 1.29 is 19.1 Å². The molecule has 0 radical (unpaired) electrons. The molecule has 8 heteroatoms. The lowest BCUT2D eigenvalue weighted by atomic mass is 10.1. The smallest absolute Gasteiger partial charge is 0.265 e. The van der Waals surface area contributed by atoms with Crippen molar-refractivity contribution >= 4 is 51.2 Å². The lowest BCUT2D eigenvalue weighted by Gasteiger charge is -2.27. The normalized spacial score (nSPS) is 15.2. The molecule has 2 aromatic carbocycles. The maximum Gasteiger partial charge on any atom is 0.265 e. The third-order valence-corrected chi connectivity index (χ3v) is 5.33. The van der Waals surface area contributed by atoms with E-state index in [-0.39, 0.29) is 17.2 Å². The minimum absolute atomic E-state index is 0.0360. The summed E-state index contributed by atoms with van der Waals surface area (Å²) in [7, 11) is 1.53.